The zero-order valence-electron chi connectivity index (χ0n) is 19.9. The number of fused-ring (bicyclic) bond motifs is 1. The van der Waals surface area contributed by atoms with Gasteiger partial charge in [-0.15, -0.1) is 10.2 Å². The van der Waals surface area contributed by atoms with Crippen molar-refractivity contribution in [3.8, 4) is 17.3 Å². The van der Waals surface area contributed by atoms with E-state index in [1.54, 1.807) is 11.2 Å². The van der Waals surface area contributed by atoms with Crippen molar-refractivity contribution in [1.29, 1.82) is 0 Å². The van der Waals surface area contributed by atoms with Crippen LogP contribution in [0.4, 0.5) is 5.95 Å². The molecule has 1 amide bonds. The Morgan fingerprint density at radius 3 is 2.59 bits per heavy atom. The number of pyridine rings is 1. The number of rotatable bonds is 6. The molecule has 1 aliphatic rings. The van der Waals surface area contributed by atoms with Crippen LogP contribution in [0.1, 0.15) is 10.4 Å². The molecular formula is C24H22N10O3. The van der Waals surface area contributed by atoms with Crippen LogP contribution in [0.15, 0.2) is 61.7 Å². The van der Waals surface area contributed by atoms with E-state index >= 15 is 0 Å². The maximum absolute atomic E-state index is 13.4. The second-order valence-corrected chi connectivity index (χ2v) is 8.39. The summed E-state index contributed by atoms with van der Waals surface area (Å²) in [7, 11) is 1.49. The molecule has 0 saturated carbocycles. The molecule has 37 heavy (non-hydrogen) atoms. The fourth-order valence-corrected chi connectivity index (χ4v) is 4.51. The van der Waals surface area contributed by atoms with Crippen LogP contribution in [0.2, 0.25) is 0 Å². The van der Waals surface area contributed by atoms with E-state index in [0.29, 0.717) is 54.6 Å². The number of H-pyrrole nitrogens is 1. The van der Waals surface area contributed by atoms with Gasteiger partial charge in [-0.2, -0.15) is 5.10 Å². The largest absolute Gasteiger partial charge is 0.494 e. The molecule has 0 bridgehead atoms. The molecule has 5 heterocycles. The first-order valence-corrected chi connectivity index (χ1v) is 11.6. The molecule has 13 heteroatoms. The fraction of sp³-hybridized carbons (Fsp3) is 0.208. The lowest BCUT2D eigenvalue weighted by molar-refractivity contribution is -0.126. The van der Waals surface area contributed by atoms with Gasteiger partial charge in [0.1, 0.15) is 24.7 Å². The highest BCUT2D eigenvalue weighted by Gasteiger charge is 2.31. The summed E-state index contributed by atoms with van der Waals surface area (Å²) < 4.78 is 8.83. The van der Waals surface area contributed by atoms with Crippen molar-refractivity contribution in [3.63, 3.8) is 0 Å². The van der Waals surface area contributed by atoms with Crippen molar-refractivity contribution >= 4 is 28.5 Å². The zero-order chi connectivity index (χ0) is 25.4. The smallest absolute Gasteiger partial charge is 0.295 e. The topological polar surface area (TPSA) is 140 Å². The van der Waals surface area contributed by atoms with Crippen LogP contribution in [0.5, 0.6) is 5.75 Å². The highest BCUT2D eigenvalue weighted by atomic mass is 16.5. The van der Waals surface area contributed by atoms with Crippen molar-refractivity contribution in [2.45, 2.75) is 0 Å². The highest BCUT2D eigenvalue weighted by molar-refractivity contribution is 6.45. The number of carbonyl (C=O) groups excluding carboxylic acids is 2. The van der Waals surface area contributed by atoms with Gasteiger partial charge in [0.05, 0.1) is 35.5 Å². The van der Waals surface area contributed by atoms with Gasteiger partial charge < -0.3 is 19.5 Å². The fourth-order valence-electron chi connectivity index (χ4n) is 4.51. The Morgan fingerprint density at radius 1 is 1.05 bits per heavy atom. The molecule has 13 nitrogen and oxygen atoms in total. The number of Topliss-reactive ketones (excluding diaryl/α,β-unsaturated/α-hetero) is 1. The number of aromatic nitrogens is 8. The van der Waals surface area contributed by atoms with E-state index in [0.717, 1.165) is 5.69 Å². The molecular weight excluding hydrogens is 476 g/mol. The molecule has 4 aromatic heterocycles. The van der Waals surface area contributed by atoms with Crippen molar-refractivity contribution in [2.75, 3.05) is 38.2 Å². The molecule has 1 fully saturated rings. The second kappa shape index (κ2) is 9.18. The van der Waals surface area contributed by atoms with Crippen molar-refractivity contribution in [3.05, 3.63) is 67.3 Å². The number of aromatic amines is 1. The predicted octanol–water partition coefficient (Wildman–Crippen LogP) is 1.26. The van der Waals surface area contributed by atoms with Crippen molar-refractivity contribution in [1.82, 2.24) is 44.4 Å². The molecule has 0 spiro atoms. The zero-order valence-corrected chi connectivity index (χ0v) is 19.9. The summed E-state index contributed by atoms with van der Waals surface area (Å²) in [5.74, 6) is 0.309. The lowest BCUT2D eigenvalue weighted by Crippen LogP contribution is -2.51. The third-order valence-electron chi connectivity index (χ3n) is 6.36. The van der Waals surface area contributed by atoms with E-state index in [2.05, 4.69) is 35.1 Å². The minimum Gasteiger partial charge on any atom is -0.494 e. The van der Waals surface area contributed by atoms with Gasteiger partial charge in [-0.1, -0.05) is 18.2 Å². The molecule has 0 atom stereocenters. The van der Waals surface area contributed by atoms with Crippen LogP contribution in [0.25, 0.3) is 22.4 Å². The van der Waals surface area contributed by atoms with Gasteiger partial charge in [-0.25, -0.2) is 14.6 Å². The van der Waals surface area contributed by atoms with E-state index < -0.39 is 11.7 Å². The number of ketones is 1. The second-order valence-electron chi connectivity index (χ2n) is 8.39. The summed E-state index contributed by atoms with van der Waals surface area (Å²) in [6.45, 7) is 1.78. The Hall–Kier alpha value is -5.07. The molecule has 0 unspecified atom stereocenters. The summed E-state index contributed by atoms with van der Waals surface area (Å²) in [6.07, 6.45) is 7.56. The van der Waals surface area contributed by atoms with Crippen LogP contribution in [-0.4, -0.2) is 89.4 Å². The third kappa shape index (κ3) is 3.86. The lowest BCUT2D eigenvalue weighted by atomic mass is 10.1. The average Bonchev–Trinajstić information content (AvgIpc) is 3.73. The molecule has 5 aromatic rings. The standard InChI is InChI=1S/C24H22N10O3/c1-37-18-12-27-22(34-14-25-13-29-34)20-19(18)17(11-26-20)21(35)23(36)31-7-9-32(10-8-31)24-30-28-15-33(24)16-5-3-2-4-6-16/h2-6,11-15,26H,7-10H2,1H3. The number of hydrogen-bond donors (Lipinski definition) is 1. The summed E-state index contributed by atoms with van der Waals surface area (Å²) in [5, 5.41) is 12.9. The summed E-state index contributed by atoms with van der Waals surface area (Å²) in [6, 6.07) is 9.80. The molecule has 0 aliphatic carbocycles. The SMILES string of the molecule is COc1cnc(-n2cncn2)c2[nH]cc(C(=O)C(=O)N3CCN(c4nncn4-c4ccccc4)CC3)c12. The van der Waals surface area contributed by atoms with Crippen molar-refractivity contribution < 1.29 is 14.3 Å². The van der Waals surface area contributed by atoms with Crippen LogP contribution < -0.4 is 9.64 Å². The van der Waals surface area contributed by atoms with E-state index in [-0.39, 0.29) is 5.56 Å². The number of hydrogen-bond acceptors (Lipinski definition) is 9. The minimum absolute atomic E-state index is 0.215. The first kappa shape index (κ1) is 22.4. The maximum atomic E-state index is 13.4. The van der Waals surface area contributed by atoms with Gasteiger partial charge in [0.25, 0.3) is 11.7 Å². The molecule has 1 aromatic carbocycles. The van der Waals surface area contributed by atoms with Gasteiger partial charge >= 0.3 is 0 Å². The number of ether oxygens (including phenoxy) is 1. The number of para-hydroxylation sites is 1. The van der Waals surface area contributed by atoms with E-state index in [1.165, 1.54) is 36.8 Å². The predicted molar refractivity (Wildman–Crippen MR) is 132 cm³/mol. The van der Waals surface area contributed by atoms with Crippen LogP contribution >= 0.6 is 0 Å². The molecule has 1 saturated heterocycles. The van der Waals surface area contributed by atoms with Gasteiger partial charge in [0.15, 0.2) is 5.82 Å². The Bertz CT molecular complexity index is 1570. The quantitative estimate of drug-likeness (QED) is 0.271. The minimum atomic E-state index is -0.624. The number of methoxy groups -OCH3 is 1. The van der Waals surface area contributed by atoms with E-state index in [9.17, 15) is 9.59 Å². The summed E-state index contributed by atoms with van der Waals surface area (Å²) in [4.78, 5) is 41.6. The monoisotopic (exact) mass is 498 g/mol. The van der Waals surface area contributed by atoms with Gasteiger partial charge in [-0.3, -0.25) is 14.2 Å². The lowest BCUT2D eigenvalue weighted by Gasteiger charge is -2.34. The van der Waals surface area contributed by atoms with E-state index in [4.69, 9.17) is 4.74 Å². The normalized spacial score (nSPS) is 13.8. The maximum Gasteiger partial charge on any atom is 0.295 e. The first-order valence-electron chi connectivity index (χ1n) is 11.6. The van der Waals surface area contributed by atoms with E-state index in [1.807, 2.05) is 34.9 Å². The first-order chi connectivity index (χ1) is 18.2. The molecule has 1 aliphatic heterocycles. The average molecular weight is 499 g/mol. The van der Waals surface area contributed by atoms with Gasteiger partial charge in [0.2, 0.25) is 5.95 Å². The number of nitrogens with zero attached hydrogens (tertiary/aromatic N) is 9. The van der Waals surface area contributed by atoms with Crippen LogP contribution in [-0.2, 0) is 4.79 Å². The summed E-state index contributed by atoms with van der Waals surface area (Å²) in [5.41, 5.74) is 1.68. The molecule has 0 radical (unpaired) electrons. The Kier molecular flexibility index (Phi) is 5.56. The van der Waals surface area contributed by atoms with Crippen LogP contribution in [0, 0.1) is 0 Å². The number of benzene rings is 1. The summed E-state index contributed by atoms with van der Waals surface area (Å²) >= 11 is 0. The number of amides is 1. The Morgan fingerprint density at radius 2 is 1.86 bits per heavy atom. The molecule has 1 N–H and O–H groups in total. The van der Waals surface area contributed by atoms with Gasteiger partial charge in [0, 0.05) is 32.4 Å². The van der Waals surface area contributed by atoms with Gasteiger partial charge in [-0.05, 0) is 12.1 Å². The third-order valence-corrected chi connectivity index (χ3v) is 6.36. The Balaban J connectivity index is 1.22. The number of carbonyl (C=O) groups is 2. The van der Waals surface area contributed by atoms with Crippen molar-refractivity contribution in [2.24, 2.45) is 0 Å². The molecule has 186 valence electrons. The Labute approximate surface area is 210 Å². The molecule has 6 rings (SSSR count). The number of anilines is 1. The van der Waals surface area contributed by atoms with Crippen LogP contribution in [0.3, 0.4) is 0 Å². The highest BCUT2D eigenvalue weighted by Crippen LogP contribution is 2.32. The number of nitrogens with one attached hydrogen (secondary N) is 1. The number of piperazine rings is 1.